The maximum absolute atomic E-state index is 14.2. The molecule has 2 N–H and O–H groups in total. The van der Waals surface area contributed by atoms with E-state index >= 15 is 0 Å². The fraction of sp³-hybridized carbons (Fsp3) is 0.455. The molecule has 1 spiro atoms. The summed E-state index contributed by atoms with van der Waals surface area (Å²) in [6, 6.07) is 3.13. The van der Waals surface area contributed by atoms with Gasteiger partial charge < -0.3 is 19.9 Å². The lowest BCUT2D eigenvalue weighted by atomic mass is 10.1. The number of nitrogens with zero attached hydrogens (tertiary/aromatic N) is 2. The van der Waals surface area contributed by atoms with Crippen LogP contribution in [-0.4, -0.2) is 40.8 Å². The number of carbonyl (C=O) groups is 1. The minimum absolute atomic E-state index is 0.0209. The van der Waals surface area contributed by atoms with Gasteiger partial charge in [-0.3, -0.25) is 0 Å². The van der Waals surface area contributed by atoms with Crippen LogP contribution in [0.4, 0.5) is 14.9 Å². The number of hydrogen-bond donors (Lipinski definition) is 2. The summed E-state index contributed by atoms with van der Waals surface area (Å²) in [4.78, 5) is 22.2. The minimum atomic E-state index is -0.523. The molecule has 0 radical (unpaired) electrons. The third-order valence-electron chi connectivity index (χ3n) is 6.19. The number of amides is 1. The van der Waals surface area contributed by atoms with Crippen LogP contribution in [0.5, 0.6) is 0 Å². The van der Waals surface area contributed by atoms with E-state index in [0.717, 1.165) is 47.0 Å². The van der Waals surface area contributed by atoms with Crippen molar-refractivity contribution in [3.05, 3.63) is 33.6 Å². The van der Waals surface area contributed by atoms with Crippen molar-refractivity contribution in [2.24, 2.45) is 5.41 Å². The predicted molar refractivity (Wildman–Crippen MR) is 123 cm³/mol. The molecular weight excluding hydrogens is 487 g/mol. The first kappa shape index (κ1) is 20.8. The Morgan fingerprint density at radius 2 is 2.19 bits per heavy atom. The standard InChI is InChI=1S/C22H23BrClFN4O2/c1-21(2,3)31-20(30)28-14-8-22(14)6-7-29(10-22)18-11(23)9-26-19-16(18)15-13(27-19)5-4-12(25)17(15)24/h4-5,9,14H,6-8,10H2,1-3H3,(H,26,27)(H,28,30). The van der Waals surface area contributed by atoms with Crippen LogP contribution in [0.15, 0.2) is 22.8 Å². The number of fused-ring (bicyclic) bond motifs is 3. The van der Waals surface area contributed by atoms with Crippen molar-refractivity contribution in [1.82, 2.24) is 15.3 Å². The van der Waals surface area contributed by atoms with E-state index in [1.165, 1.54) is 6.07 Å². The summed E-state index contributed by atoms with van der Waals surface area (Å²) in [6.07, 6.45) is 3.25. The number of aromatic nitrogens is 2. The molecule has 9 heteroatoms. The number of aromatic amines is 1. The highest BCUT2D eigenvalue weighted by Gasteiger charge is 2.58. The Bertz CT molecular complexity index is 1220. The van der Waals surface area contributed by atoms with E-state index in [0.29, 0.717) is 11.0 Å². The number of benzene rings is 1. The van der Waals surface area contributed by atoms with E-state index in [1.807, 2.05) is 20.8 Å². The number of nitrogens with one attached hydrogen (secondary N) is 2. The van der Waals surface area contributed by atoms with Crippen LogP contribution in [0.2, 0.25) is 5.02 Å². The molecule has 31 heavy (non-hydrogen) atoms. The summed E-state index contributed by atoms with van der Waals surface area (Å²) in [5.74, 6) is -0.456. The minimum Gasteiger partial charge on any atom is -0.444 e. The van der Waals surface area contributed by atoms with Gasteiger partial charge in [-0.1, -0.05) is 11.6 Å². The lowest BCUT2D eigenvalue weighted by molar-refractivity contribution is 0.0517. The second-order valence-electron chi connectivity index (χ2n) is 9.52. The molecule has 2 fully saturated rings. The summed E-state index contributed by atoms with van der Waals surface area (Å²) >= 11 is 10.0. The zero-order valence-electron chi connectivity index (χ0n) is 17.5. The Balaban J connectivity index is 1.46. The summed E-state index contributed by atoms with van der Waals surface area (Å²) in [5, 5.41) is 4.56. The van der Waals surface area contributed by atoms with Crippen LogP contribution in [0.25, 0.3) is 21.9 Å². The fourth-order valence-corrected chi connectivity index (χ4v) is 5.50. The van der Waals surface area contributed by atoms with Crippen molar-refractivity contribution in [2.75, 3.05) is 18.0 Å². The van der Waals surface area contributed by atoms with Gasteiger partial charge in [0, 0.05) is 41.6 Å². The SMILES string of the molecule is CC(C)(C)OC(=O)NC1CC12CCN(c1c(Br)cnc3[nH]c4ccc(F)c(Cl)c4c13)C2. The summed E-state index contributed by atoms with van der Waals surface area (Å²) in [5.41, 5.74) is 1.86. The molecule has 2 aliphatic rings. The summed E-state index contributed by atoms with van der Waals surface area (Å²) in [7, 11) is 0. The van der Waals surface area contributed by atoms with Gasteiger partial charge >= 0.3 is 6.09 Å². The molecule has 1 aliphatic heterocycles. The molecule has 6 nitrogen and oxygen atoms in total. The lowest BCUT2D eigenvalue weighted by Crippen LogP contribution is -2.36. The average Bonchev–Trinajstić information content (AvgIpc) is 3.00. The zero-order valence-corrected chi connectivity index (χ0v) is 19.8. The monoisotopic (exact) mass is 508 g/mol. The number of halogens is 3. The number of alkyl carbamates (subject to hydrolysis) is 1. The molecular formula is C22H23BrClFN4O2. The molecule has 0 bridgehead atoms. The molecule has 3 aromatic rings. The Morgan fingerprint density at radius 3 is 2.94 bits per heavy atom. The van der Waals surface area contributed by atoms with Gasteiger partial charge in [0.1, 0.15) is 17.1 Å². The molecule has 5 rings (SSSR count). The highest BCUT2D eigenvalue weighted by molar-refractivity contribution is 9.10. The molecule has 2 unspecified atom stereocenters. The van der Waals surface area contributed by atoms with Crippen LogP contribution in [0, 0.1) is 11.2 Å². The van der Waals surface area contributed by atoms with Gasteiger partial charge in [-0.15, -0.1) is 0 Å². The Morgan fingerprint density at radius 1 is 1.42 bits per heavy atom. The first-order valence-corrected chi connectivity index (χ1v) is 11.4. The molecule has 2 aromatic heterocycles. The smallest absolute Gasteiger partial charge is 0.407 e. The quantitative estimate of drug-likeness (QED) is 0.460. The van der Waals surface area contributed by atoms with Gasteiger partial charge in [-0.25, -0.2) is 14.2 Å². The van der Waals surface area contributed by atoms with E-state index in [1.54, 1.807) is 12.3 Å². The molecule has 1 amide bonds. The van der Waals surface area contributed by atoms with Crippen LogP contribution in [-0.2, 0) is 4.74 Å². The maximum Gasteiger partial charge on any atom is 0.407 e. The first-order valence-electron chi connectivity index (χ1n) is 10.3. The molecule has 1 saturated heterocycles. The lowest BCUT2D eigenvalue weighted by Gasteiger charge is -2.22. The third-order valence-corrected chi connectivity index (χ3v) is 7.14. The maximum atomic E-state index is 14.2. The Hall–Kier alpha value is -2.06. The van der Waals surface area contributed by atoms with Crippen LogP contribution >= 0.6 is 27.5 Å². The zero-order chi connectivity index (χ0) is 22.1. The first-order chi connectivity index (χ1) is 14.6. The van der Waals surface area contributed by atoms with E-state index in [2.05, 4.69) is 36.1 Å². The Labute approximate surface area is 192 Å². The van der Waals surface area contributed by atoms with E-state index in [-0.39, 0.29) is 22.6 Å². The van der Waals surface area contributed by atoms with E-state index in [9.17, 15) is 9.18 Å². The largest absolute Gasteiger partial charge is 0.444 e. The topological polar surface area (TPSA) is 70.2 Å². The number of carbonyl (C=O) groups excluding carboxylic acids is 1. The van der Waals surface area contributed by atoms with Gasteiger partial charge in [0.2, 0.25) is 0 Å². The number of rotatable bonds is 2. The fourth-order valence-electron chi connectivity index (χ4n) is 4.69. The van der Waals surface area contributed by atoms with Crippen molar-refractivity contribution >= 4 is 61.2 Å². The van der Waals surface area contributed by atoms with Crippen molar-refractivity contribution in [1.29, 1.82) is 0 Å². The number of ether oxygens (including phenoxy) is 1. The van der Waals surface area contributed by atoms with Gasteiger partial charge in [-0.2, -0.15) is 0 Å². The van der Waals surface area contributed by atoms with Crippen LogP contribution in [0.3, 0.4) is 0 Å². The van der Waals surface area contributed by atoms with Crippen molar-refractivity contribution in [3.8, 4) is 0 Å². The van der Waals surface area contributed by atoms with Gasteiger partial charge in [-0.05, 0) is 61.7 Å². The number of H-pyrrole nitrogens is 1. The molecule has 2 atom stereocenters. The van der Waals surface area contributed by atoms with Crippen molar-refractivity contribution < 1.29 is 13.9 Å². The second kappa shape index (κ2) is 6.97. The number of pyridine rings is 1. The number of hydrogen-bond acceptors (Lipinski definition) is 4. The van der Waals surface area contributed by atoms with Crippen molar-refractivity contribution in [2.45, 2.75) is 45.3 Å². The van der Waals surface area contributed by atoms with Crippen LogP contribution in [0.1, 0.15) is 33.6 Å². The normalized spacial score (nSPS) is 23.2. The van der Waals surface area contributed by atoms with Gasteiger partial charge in [0.25, 0.3) is 0 Å². The predicted octanol–water partition coefficient (Wildman–Crippen LogP) is 5.76. The molecule has 1 aromatic carbocycles. The van der Waals surface area contributed by atoms with Gasteiger partial charge in [0.15, 0.2) is 0 Å². The molecule has 1 saturated carbocycles. The highest BCUT2D eigenvalue weighted by atomic mass is 79.9. The van der Waals surface area contributed by atoms with E-state index in [4.69, 9.17) is 16.3 Å². The molecule has 1 aliphatic carbocycles. The molecule has 3 heterocycles. The Kier molecular flexibility index (Phi) is 4.68. The molecule has 164 valence electrons. The van der Waals surface area contributed by atoms with E-state index < -0.39 is 11.4 Å². The summed E-state index contributed by atoms with van der Waals surface area (Å²) < 4.78 is 20.5. The van der Waals surface area contributed by atoms with Crippen LogP contribution < -0.4 is 10.2 Å². The average molecular weight is 510 g/mol. The summed E-state index contributed by atoms with van der Waals surface area (Å²) in [6.45, 7) is 7.17. The van der Waals surface area contributed by atoms with Crippen molar-refractivity contribution in [3.63, 3.8) is 0 Å². The highest BCUT2D eigenvalue weighted by Crippen LogP contribution is 2.55. The third kappa shape index (κ3) is 3.53. The van der Waals surface area contributed by atoms with Gasteiger partial charge in [0.05, 0.1) is 20.6 Å². The second-order valence-corrected chi connectivity index (χ2v) is 10.8. The number of anilines is 1.